The van der Waals surface area contributed by atoms with Crippen molar-refractivity contribution in [3.8, 4) is 0 Å². The molecule has 1 unspecified atom stereocenters. The monoisotopic (exact) mass is 303 g/mol. The van der Waals surface area contributed by atoms with Crippen molar-refractivity contribution in [3.63, 3.8) is 0 Å². The van der Waals surface area contributed by atoms with Gasteiger partial charge in [-0.2, -0.15) is 0 Å². The van der Waals surface area contributed by atoms with Crippen LogP contribution in [0, 0.1) is 23.7 Å². The van der Waals surface area contributed by atoms with Gasteiger partial charge in [-0.3, -0.25) is 4.98 Å². The summed E-state index contributed by atoms with van der Waals surface area (Å²) in [6, 6.07) is 3.92. The molecule has 1 aromatic rings. The number of aryl methyl sites for hydroxylation is 1. The zero-order chi connectivity index (χ0) is 16.3. The third-order valence-electron chi connectivity index (χ3n) is 5.76. The van der Waals surface area contributed by atoms with Gasteiger partial charge < -0.3 is 0 Å². The number of nitrogens with zero attached hydrogens (tertiary/aromatic N) is 1. The Balaban J connectivity index is 2.09. The summed E-state index contributed by atoms with van der Waals surface area (Å²) in [6.45, 7) is 8.76. The molecule has 1 fully saturated rings. The molecule has 1 aromatic heterocycles. The minimum absolute atomic E-state index is 0.140. The van der Waals surface area contributed by atoms with Crippen LogP contribution in [-0.4, -0.2) is 10.9 Å². The summed E-state index contributed by atoms with van der Waals surface area (Å²) >= 11 is 0. The molecule has 3 rings (SSSR count). The molecule has 1 saturated carbocycles. The third-order valence-corrected chi connectivity index (χ3v) is 5.76. The number of hydrogen-bond acceptors (Lipinski definition) is 1. The fraction of sp³-hybridized carbons (Fsp3) is 0.526. The highest BCUT2D eigenvalue weighted by atomic mass is 19.3. The molecule has 0 aromatic carbocycles. The van der Waals surface area contributed by atoms with Crippen LogP contribution in [-0.2, 0) is 0 Å². The van der Waals surface area contributed by atoms with Crippen LogP contribution in [0.4, 0.5) is 8.78 Å². The van der Waals surface area contributed by atoms with Crippen molar-refractivity contribution in [2.75, 3.05) is 0 Å². The van der Waals surface area contributed by atoms with Gasteiger partial charge >= 0.3 is 0 Å². The van der Waals surface area contributed by atoms with Gasteiger partial charge in [0.15, 0.2) is 0 Å². The van der Waals surface area contributed by atoms with E-state index in [-0.39, 0.29) is 5.92 Å². The highest BCUT2D eigenvalue weighted by Crippen LogP contribution is 2.67. The smallest absolute Gasteiger partial charge is 0.256 e. The number of alkyl halides is 2. The average molecular weight is 303 g/mol. The number of allylic oxidation sites excluding steroid dienone is 4. The summed E-state index contributed by atoms with van der Waals surface area (Å²) < 4.78 is 29.9. The van der Waals surface area contributed by atoms with Gasteiger partial charge in [0.2, 0.25) is 0 Å². The molecule has 2 aliphatic rings. The molecule has 0 radical (unpaired) electrons. The second kappa shape index (κ2) is 4.50. The molecule has 0 N–H and O–H groups in total. The largest absolute Gasteiger partial charge is 0.262 e. The Morgan fingerprint density at radius 1 is 1.14 bits per heavy atom. The van der Waals surface area contributed by atoms with E-state index in [0.29, 0.717) is 6.42 Å². The van der Waals surface area contributed by atoms with Crippen LogP contribution in [0.1, 0.15) is 45.4 Å². The van der Waals surface area contributed by atoms with Crippen LogP contribution in [0.25, 0.3) is 5.57 Å². The minimum Gasteiger partial charge on any atom is -0.256 e. The molecule has 0 saturated heterocycles. The molecular weight excluding hydrogens is 280 g/mol. The summed E-state index contributed by atoms with van der Waals surface area (Å²) in [4.78, 5) is 4.45. The predicted molar refractivity (Wildman–Crippen MR) is 85.7 cm³/mol. The Labute approximate surface area is 131 Å². The van der Waals surface area contributed by atoms with E-state index in [2.05, 4.69) is 4.98 Å². The first kappa shape index (κ1) is 15.4. The molecule has 118 valence electrons. The second-order valence-corrected chi connectivity index (χ2v) is 7.66. The number of aromatic nitrogens is 1. The molecule has 0 spiro atoms. The van der Waals surface area contributed by atoms with Crippen molar-refractivity contribution in [2.24, 2.45) is 16.7 Å². The van der Waals surface area contributed by atoms with Crippen molar-refractivity contribution in [1.82, 2.24) is 4.98 Å². The van der Waals surface area contributed by atoms with Gasteiger partial charge in [-0.05, 0) is 36.5 Å². The molecule has 1 atom stereocenters. The fourth-order valence-corrected chi connectivity index (χ4v) is 4.20. The lowest BCUT2D eigenvalue weighted by molar-refractivity contribution is -0.150. The van der Waals surface area contributed by atoms with Crippen LogP contribution in [0.5, 0.6) is 0 Å². The first-order valence-corrected chi connectivity index (χ1v) is 7.81. The number of halogens is 2. The number of fused-ring (bicyclic) bond motifs is 1. The lowest BCUT2D eigenvalue weighted by atomic mass is 9.73. The normalized spacial score (nSPS) is 27.9. The standard InChI is InChI=1S/C19H23F2N/c1-12-7-6-10-22-16(12)13-8-9-14-15(11-13)18(4,5)19(20,21)17(14,2)3/h6-10,15H,11H2,1-5H3. The maximum Gasteiger partial charge on any atom is 0.262 e. The Kier molecular flexibility index (Phi) is 3.15. The van der Waals surface area contributed by atoms with Crippen molar-refractivity contribution in [3.05, 3.63) is 47.3 Å². The Bertz CT molecular complexity index is 680. The second-order valence-electron chi connectivity index (χ2n) is 7.66. The first-order chi connectivity index (χ1) is 10.1. The Morgan fingerprint density at radius 3 is 2.45 bits per heavy atom. The van der Waals surface area contributed by atoms with E-state index in [1.165, 1.54) is 0 Å². The molecule has 0 amide bonds. The van der Waals surface area contributed by atoms with E-state index in [4.69, 9.17) is 0 Å². The summed E-state index contributed by atoms with van der Waals surface area (Å²) in [6.07, 6.45) is 6.30. The molecule has 0 bridgehead atoms. The van der Waals surface area contributed by atoms with Gasteiger partial charge in [0, 0.05) is 11.6 Å². The van der Waals surface area contributed by atoms with Gasteiger partial charge in [-0.15, -0.1) is 0 Å². The lowest BCUT2D eigenvalue weighted by Gasteiger charge is -2.36. The summed E-state index contributed by atoms with van der Waals surface area (Å²) in [5.74, 6) is -2.86. The van der Waals surface area contributed by atoms with E-state index in [1.807, 2.05) is 31.2 Å². The predicted octanol–water partition coefficient (Wildman–Crippen LogP) is 5.42. The topological polar surface area (TPSA) is 12.9 Å². The highest BCUT2D eigenvalue weighted by Gasteiger charge is 2.69. The van der Waals surface area contributed by atoms with Gasteiger partial charge in [0.05, 0.1) is 11.1 Å². The maximum atomic E-state index is 14.9. The zero-order valence-electron chi connectivity index (χ0n) is 13.9. The van der Waals surface area contributed by atoms with Crippen LogP contribution in [0.15, 0.2) is 36.1 Å². The van der Waals surface area contributed by atoms with E-state index in [0.717, 1.165) is 22.4 Å². The number of rotatable bonds is 1. The molecule has 22 heavy (non-hydrogen) atoms. The van der Waals surface area contributed by atoms with Crippen molar-refractivity contribution >= 4 is 5.57 Å². The molecular formula is C19H23F2N. The number of pyridine rings is 1. The maximum absolute atomic E-state index is 14.9. The molecule has 3 heteroatoms. The molecule has 1 heterocycles. The van der Waals surface area contributed by atoms with Gasteiger partial charge in [-0.1, -0.05) is 51.5 Å². The minimum atomic E-state index is -2.72. The van der Waals surface area contributed by atoms with Crippen LogP contribution >= 0.6 is 0 Å². The lowest BCUT2D eigenvalue weighted by Crippen LogP contribution is -2.42. The molecule has 2 aliphatic carbocycles. The Hall–Kier alpha value is -1.51. The SMILES string of the molecule is Cc1cccnc1C1=CC=C2C(C1)C(C)(C)C(F)(F)C2(C)C. The van der Waals surface area contributed by atoms with Crippen molar-refractivity contribution in [1.29, 1.82) is 0 Å². The van der Waals surface area contributed by atoms with Crippen molar-refractivity contribution in [2.45, 2.75) is 47.0 Å². The van der Waals surface area contributed by atoms with Gasteiger partial charge in [0.25, 0.3) is 5.92 Å². The summed E-state index contributed by atoms with van der Waals surface area (Å²) in [5, 5.41) is 0. The van der Waals surface area contributed by atoms with Crippen LogP contribution in [0.3, 0.4) is 0 Å². The quantitative estimate of drug-likeness (QED) is 0.675. The van der Waals surface area contributed by atoms with Gasteiger partial charge in [0.1, 0.15) is 0 Å². The molecule has 1 nitrogen and oxygen atoms in total. The van der Waals surface area contributed by atoms with Crippen LogP contribution < -0.4 is 0 Å². The fourth-order valence-electron chi connectivity index (χ4n) is 4.20. The summed E-state index contributed by atoms with van der Waals surface area (Å²) in [7, 11) is 0. The van der Waals surface area contributed by atoms with E-state index >= 15 is 0 Å². The summed E-state index contributed by atoms with van der Waals surface area (Å²) in [5.41, 5.74) is 1.81. The van der Waals surface area contributed by atoms with E-state index in [1.54, 1.807) is 33.9 Å². The van der Waals surface area contributed by atoms with Crippen LogP contribution in [0.2, 0.25) is 0 Å². The average Bonchev–Trinajstić information content (AvgIpc) is 2.56. The van der Waals surface area contributed by atoms with E-state index in [9.17, 15) is 8.78 Å². The first-order valence-electron chi connectivity index (χ1n) is 7.81. The highest BCUT2D eigenvalue weighted by molar-refractivity contribution is 5.69. The Morgan fingerprint density at radius 2 is 1.82 bits per heavy atom. The third kappa shape index (κ3) is 1.77. The number of hydrogen-bond donors (Lipinski definition) is 0. The van der Waals surface area contributed by atoms with E-state index < -0.39 is 16.8 Å². The van der Waals surface area contributed by atoms with Gasteiger partial charge in [-0.25, -0.2) is 8.78 Å². The zero-order valence-corrected chi connectivity index (χ0v) is 13.9. The molecule has 0 aliphatic heterocycles. The van der Waals surface area contributed by atoms with Crippen molar-refractivity contribution < 1.29 is 8.78 Å².